The Morgan fingerprint density at radius 2 is 0.934 bits per heavy atom. The van der Waals surface area contributed by atoms with Crippen LogP contribution in [0.2, 0.25) is 0 Å². The average Bonchev–Trinajstić information content (AvgIpc) is 3.69. The van der Waals surface area contributed by atoms with Crippen LogP contribution in [0.3, 0.4) is 0 Å². The summed E-state index contributed by atoms with van der Waals surface area (Å²) in [5.41, 5.74) is 20.0. The lowest BCUT2D eigenvalue weighted by molar-refractivity contribution is 1.28. The molecule has 1 heterocycles. The lowest BCUT2D eigenvalue weighted by atomic mass is 9.87. The first-order chi connectivity index (χ1) is 29.9. The summed E-state index contributed by atoms with van der Waals surface area (Å²) in [4.78, 5) is 2.36. The Kier molecular flexibility index (Phi) is 10.0. The van der Waals surface area contributed by atoms with Gasteiger partial charge in [0.15, 0.2) is 0 Å². The molecule has 0 aliphatic rings. The molecule has 0 fully saturated rings. The van der Waals surface area contributed by atoms with E-state index in [-0.39, 0.29) is 0 Å². The van der Waals surface area contributed by atoms with E-state index in [9.17, 15) is 0 Å². The fraction of sp³-hybridized carbons (Fsp3) is 0.0508. The number of rotatable bonds is 9. The van der Waals surface area contributed by atoms with Crippen LogP contribution in [0.5, 0.6) is 0 Å². The molecule has 9 aromatic carbocycles. The molecule has 0 atom stereocenters. The van der Waals surface area contributed by atoms with Gasteiger partial charge in [-0.2, -0.15) is 0 Å². The Balaban J connectivity index is 1.01. The van der Waals surface area contributed by atoms with E-state index in [1.54, 1.807) is 0 Å². The number of fused-ring (bicyclic) bond motifs is 3. The predicted molar refractivity (Wildman–Crippen MR) is 265 cm³/mol. The minimum Gasteiger partial charge on any atom is -0.311 e. The maximum Gasteiger partial charge on any atom is 0.0462 e. The molecule has 0 saturated heterocycles. The van der Waals surface area contributed by atoms with Crippen molar-refractivity contribution in [1.29, 1.82) is 0 Å². The topological polar surface area (TPSA) is 3.24 Å². The molecule has 0 saturated carbocycles. The van der Waals surface area contributed by atoms with Crippen molar-refractivity contribution in [2.75, 3.05) is 4.90 Å². The highest BCUT2D eigenvalue weighted by Gasteiger charge is 2.17. The van der Waals surface area contributed by atoms with Gasteiger partial charge in [0.05, 0.1) is 0 Å². The van der Waals surface area contributed by atoms with Gasteiger partial charge in [0.2, 0.25) is 0 Å². The van der Waals surface area contributed by atoms with Crippen LogP contribution in [0.4, 0.5) is 17.1 Å². The summed E-state index contributed by atoms with van der Waals surface area (Å²) in [6.45, 7) is 11.1. The van der Waals surface area contributed by atoms with Crippen molar-refractivity contribution in [3.05, 3.63) is 241 Å². The molecule has 292 valence electrons. The SMILES string of the molecule is C=C(c1cc(C)cc(C)c1)c1ccccc1-c1cc(-c2ccc(N(c3ccc(-c4ccccc4)cc3)c3ccc(-c4cccc5c4sc4ccccc45)cc3)cc2)ccc1C. The molecule has 1 aromatic heterocycles. The van der Waals surface area contributed by atoms with Gasteiger partial charge in [-0.1, -0.05) is 175 Å². The van der Waals surface area contributed by atoms with E-state index in [1.807, 2.05) is 11.3 Å². The molecule has 0 N–H and O–H groups in total. The molecule has 1 nitrogen and oxygen atoms in total. The second-order valence-corrected chi connectivity index (χ2v) is 17.1. The molecule has 0 aliphatic carbocycles. The van der Waals surface area contributed by atoms with Crippen LogP contribution in [0.15, 0.2) is 213 Å². The zero-order chi connectivity index (χ0) is 41.5. The van der Waals surface area contributed by atoms with Crippen LogP contribution in [0.25, 0.3) is 70.3 Å². The quantitative estimate of drug-likeness (QED) is 0.141. The Morgan fingerprint density at radius 3 is 1.62 bits per heavy atom. The van der Waals surface area contributed by atoms with Gasteiger partial charge in [-0.15, -0.1) is 11.3 Å². The second-order valence-electron chi connectivity index (χ2n) is 16.1. The van der Waals surface area contributed by atoms with Gasteiger partial charge in [0, 0.05) is 37.2 Å². The standard InChI is InChI=1S/C59H45NS/c1-39-35-40(2)37-48(36-39)42(4)52-15-8-9-16-54(52)57-38-47(22-21-41(57)3)45-25-31-50(32-26-45)60(49-29-23-44(24-30-49)43-13-6-5-7-14-43)51-33-27-46(28-34-51)53-18-12-19-56-55-17-10-11-20-58(55)61-59(53)56/h5-38H,4H2,1-3H3. The third kappa shape index (κ3) is 7.37. The number of aryl methyl sites for hydroxylation is 3. The van der Waals surface area contributed by atoms with Crippen LogP contribution >= 0.6 is 11.3 Å². The van der Waals surface area contributed by atoms with Crippen LogP contribution in [0.1, 0.15) is 27.8 Å². The van der Waals surface area contributed by atoms with Crippen molar-refractivity contribution >= 4 is 54.1 Å². The molecule has 0 aliphatic heterocycles. The summed E-state index contributed by atoms with van der Waals surface area (Å²) in [7, 11) is 0. The molecule has 2 heteroatoms. The summed E-state index contributed by atoms with van der Waals surface area (Å²) in [6, 6.07) is 75.2. The minimum atomic E-state index is 1.04. The molecule has 0 radical (unpaired) electrons. The maximum atomic E-state index is 4.61. The molecule has 10 rings (SSSR count). The van der Waals surface area contributed by atoms with Gasteiger partial charge >= 0.3 is 0 Å². The monoisotopic (exact) mass is 799 g/mol. The van der Waals surface area contributed by atoms with Gasteiger partial charge in [-0.25, -0.2) is 0 Å². The van der Waals surface area contributed by atoms with Gasteiger partial charge in [0.1, 0.15) is 0 Å². The van der Waals surface area contributed by atoms with Crippen molar-refractivity contribution in [1.82, 2.24) is 0 Å². The number of benzene rings is 9. The molecule has 0 spiro atoms. The zero-order valence-electron chi connectivity index (χ0n) is 34.7. The van der Waals surface area contributed by atoms with Crippen molar-refractivity contribution in [3.8, 4) is 44.5 Å². The molecular formula is C59H45NS. The summed E-state index contributed by atoms with van der Waals surface area (Å²) in [5.74, 6) is 0. The van der Waals surface area contributed by atoms with Crippen LogP contribution in [0, 0.1) is 20.8 Å². The summed E-state index contributed by atoms with van der Waals surface area (Å²) in [6.07, 6.45) is 0. The highest BCUT2D eigenvalue weighted by Crippen LogP contribution is 2.43. The molecule has 0 amide bonds. The van der Waals surface area contributed by atoms with E-state index in [0.29, 0.717) is 0 Å². The van der Waals surface area contributed by atoms with E-state index in [0.717, 1.165) is 33.8 Å². The van der Waals surface area contributed by atoms with Crippen molar-refractivity contribution in [2.45, 2.75) is 20.8 Å². The predicted octanol–water partition coefficient (Wildman–Crippen LogP) is 17.2. The van der Waals surface area contributed by atoms with E-state index in [4.69, 9.17) is 0 Å². The maximum absolute atomic E-state index is 4.61. The fourth-order valence-electron chi connectivity index (χ4n) is 8.83. The fourth-order valence-corrected chi connectivity index (χ4v) is 10.1. The lowest BCUT2D eigenvalue weighted by Crippen LogP contribution is -2.09. The van der Waals surface area contributed by atoms with Crippen LogP contribution < -0.4 is 4.90 Å². The molecular weight excluding hydrogens is 755 g/mol. The largest absolute Gasteiger partial charge is 0.311 e. The van der Waals surface area contributed by atoms with E-state index < -0.39 is 0 Å². The molecule has 0 unspecified atom stereocenters. The van der Waals surface area contributed by atoms with Crippen molar-refractivity contribution in [3.63, 3.8) is 0 Å². The zero-order valence-corrected chi connectivity index (χ0v) is 35.5. The van der Waals surface area contributed by atoms with E-state index in [2.05, 4.69) is 239 Å². The summed E-state index contributed by atoms with van der Waals surface area (Å²) in [5, 5.41) is 2.63. The third-order valence-electron chi connectivity index (χ3n) is 11.9. The average molecular weight is 800 g/mol. The third-order valence-corrected chi connectivity index (χ3v) is 13.1. The Morgan fingerprint density at radius 1 is 0.410 bits per heavy atom. The number of hydrogen-bond acceptors (Lipinski definition) is 2. The number of hydrogen-bond donors (Lipinski definition) is 0. The minimum absolute atomic E-state index is 1.04. The number of thiophene rings is 1. The summed E-state index contributed by atoms with van der Waals surface area (Å²) >= 11 is 1.87. The van der Waals surface area contributed by atoms with E-state index >= 15 is 0 Å². The second kappa shape index (κ2) is 16.1. The Hall–Kier alpha value is -7.26. The van der Waals surface area contributed by atoms with Crippen molar-refractivity contribution in [2.24, 2.45) is 0 Å². The highest BCUT2D eigenvalue weighted by molar-refractivity contribution is 7.26. The van der Waals surface area contributed by atoms with Crippen molar-refractivity contribution < 1.29 is 0 Å². The van der Waals surface area contributed by atoms with E-state index in [1.165, 1.54) is 81.4 Å². The van der Waals surface area contributed by atoms with Gasteiger partial charge in [-0.05, 0) is 136 Å². The van der Waals surface area contributed by atoms with Gasteiger partial charge < -0.3 is 4.90 Å². The Labute approximate surface area is 363 Å². The number of nitrogens with zero attached hydrogens (tertiary/aromatic N) is 1. The smallest absolute Gasteiger partial charge is 0.0462 e. The first-order valence-corrected chi connectivity index (χ1v) is 21.7. The van der Waals surface area contributed by atoms with Gasteiger partial charge in [0.25, 0.3) is 0 Å². The summed E-state index contributed by atoms with van der Waals surface area (Å²) < 4.78 is 2.65. The molecule has 61 heavy (non-hydrogen) atoms. The normalized spacial score (nSPS) is 11.3. The molecule has 0 bridgehead atoms. The first kappa shape index (κ1) is 38.0. The number of anilines is 3. The Bertz CT molecular complexity index is 3190. The lowest BCUT2D eigenvalue weighted by Gasteiger charge is -2.26. The van der Waals surface area contributed by atoms with Gasteiger partial charge in [-0.3, -0.25) is 0 Å². The highest BCUT2D eigenvalue weighted by atomic mass is 32.1. The van der Waals surface area contributed by atoms with Crippen LogP contribution in [-0.2, 0) is 0 Å². The van der Waals surface area contributed by atoms with Crippen LogP contribution in [-0.4, -0.2) is 0 Å². The molecule has 10 aromatic rings. The first-order valence-electron chi connectivity index (χ1n) is 20.9.